The molecule has 0 saturated carbocycles. The summed E-state index contributed by atoms with van der Waals surface area (Å²) in [4.78, 5) is 46.1. The van der Waals surface area contributed by atoms with E-state index in [-0.39, 0.29) is 29.6 Å². The molecule has 1 aromatic carbocycles. The van der Waals surface area contributed by atoms with Gasteiger partial charge < -0.3 is 14.7 Å². The van der Waals surface area contributed by atoms with Crippen LogP contribution in [0.1, 0.15) is 34.5 Å². The monoisotopic (exact) mass is 408 g/mol. The first-order valence-electron chi connectivity index (χ1n) is 10.00. The predicted molar refractivity (Wildman–Crippen MR) is 114 cm³/mol. The smallest absolute Gasteiger partial charge is 0.272 e. The Morgan fingerprint density at radius 2 is 1.73 bits per heavy atom. The molecule has 3 amide bonds. The van der Waals surface area contributed by atoms with Crippen LogP contribution in [0.2, 0.25) is 0 Å². The molecule has 30 heavy (non-hydrogen) atoms. The van der Waals surface area contributed by atoms with Gasteiger partial charge in [-0.1, -0.05) is 30.3 Å². The Bertz CT molecular complexity index is 912. The number of likely N-dealkylation sites (tertiary alicyclic amines) is 1. The van der Waals surface area contributed by atoms with Crippen molar-refractivity contribution in [2.45, 2.75) is 19.4 Å². The summed E-state index contributed by atoms with van der Waals surface area (Å²) in [5, 5.41) is 0. The van der Waals surface area contributed by atoms with E-state index in [9.17, 15) is 14.4 Å². The van der Waals surface area contributed by atoms with Crippen LogP contribution < -0.4 is 0 Å². The highest BCUT2D eigenvalue weighted by Crippen LogP contribution is 2.34. The van der Waals surface area contributed by atoms with Gasteiger partial charge in [0, 0.05) is 59.8 Å². The second-order valence-corrected chi connectivity index (χ2v) is 7.99. The van der Waals surface area contributed by atoms with Gasteiger partial charge in [-0.15, -0.1) is 0 Å². The lowest BCUT2D eigenvalue weighted by Crippen LogP contribution is -2.34. The zero-order valence-corrected chi connectivity index (χ0v) is 17.9. The van der Waals surface area contributed by atoms with Crippen molar-refractivity contribution in [3.05, 3.63) is 65.5 Å². The molecular weight excluding hydrogens is 380 g/mol. The van der Waals surface area contributed by atoms with Crippen LogP contribution in [0, 0.1) is 5.92 Å². The highest BCUT2D eigenvalue weighted by Gasteiger charge is 2.40. The minimum absolute atomic E-state index is 0.0136. The maximum atomic E-state index is 12.7. The lowest BCUT2D eigenvalue weighted by Gasteiger charge is -2.22. The van der Waals surface area contributed by atoms with Crippen molar-refractivity contribution in [3.63, 3.8) is 0 Å². The van der Waals surface area contributed by atoms with Crippen LogP contribution in [0.3, 0.4) is 0 Å². The van der Waals surface area contributed by atoms with Crippen LogP contribution in [0.15, 0.2) is 48.7 Å². The average Bonchev–Trinajstić information content (AvgIpc) is 3.19. The molecule has 0 spiro atoms. The van der Waals surface area contributed by atoms with E-state index < -0.39 is 0 Å². The third-order valence-corrected chi connectivity index (χ3v) is 5.58. The molecule has 1 aliphatic heterocycles. The van der Waals surface area contributed by atoms with Gasteiger partial charge in [-0.05, 0) is 23.3 Å². The Labute approximate surface area is 177 Å². The molecule has 158 valence electrons. The zero-order valence-electron chi connectivity index (χ0n) is 17.9. The van der Waals surface area contributed by atoms with E-state index in [1.165, 1.54) is 6.92 Å². The number of carbonyl (C=O) groups excluding carboxylic acids is 3. The van der Waals surface area contributed by atoms with Crippen LogP contribution in [0.25, 0.3) is 0 Å². The molecular formula is C23H28N4O3. The molecule has 7 nitrogen and oxygen atoms in total. The van der Waals surface area contributed by atoms with Crippen molar-refractivity contribution >= 4 is 17.7 Å². The number of hydrogen-bond donors (Lipinski definition) is 0. The van der Waals surface area contributed by atoms with Gasteiger partial charge in [-0.25, -0.2) is 0 Å². The molecule has 7 heteroatoms. The van der Waals surface area contributed by atoms with Gasteiger partial charge in [0.25, 0.3) is 5.91 Å². The van der Waals surface area contributed by atoms with E-state index >= 15 is 0 Å². The quantitative estimate of drug-likeness (QED) is 0.759. The molecule has 2 atom stereocenters. The molecule has 1 fully saturated rings. The maximum absolute atomic E-state index is 12.7. The van der Waals surface area contributed by atoms with Crippen molar-refractivity contribution in [2.24, 2.45) is 5.92 Å². The van der Waals surface area contributed by atoms with E-state index in [1.54, 1.807) is 60.2 Å². The minimum atomic E-state index is -0.247. The summed E-state index contributed by atoms with van der Waals surface area (Å²) in [7, 11) is 5.24. The van der Waals surface area contributed by atoms with Gasteiger partial charge in [0.15, 0.2) is 0 Å². The van der Waals surface area contributed by atoms with E-state index in [0.29, 0.717) is 25.3 Å². The molecule has 3 rings (SSSR count). The Morgan fingerprint density at radius 3 is 2.30 bits per heavy atom. The summed E-state index contributed by atoms with van der Waals surface area (Å²) in [5.41, 5.74) is 2.43. The second kappa shape index (κ2) is 9.07. The van der Waals surface area contributed by atoms with Gasteiger partial charge in [-0.2, -0.15) is 0 Å². The summed E-state index contributed by atoms with van der Waals surface area (Å²) >= 11 is 0. The molecule has 1 saturated heterocycles. The Hall–Kier alpha value is -3.22. The zero-order chi connectivity index (χ0) is 21.8. The normalized spacial score (nSPS) is 18.2. The topological polar surface area (TPSA) is 73.8 Å². The maximum Gasteiger partial charge on any atom is 0.272 e. The number of aromatic nitrogens is 1. The largest absolute Gasteiger partial charge is 0.349 e. The molecule has 0 aliphatic carbocycles. The van der Waals surface area contributed by atoms with Gasteiger partial charge in [0.2, 0.25) is 11.8 Å². The molecule has 1 aliphatic rings. The van der Waals surface area contributed by atoms with Crippen LogP contribution >= 0.6 is 0 Å². The van der Waals surface area contributed by atoms with Crippen LogP contribution in [0.4, 0.5) is 0 Å². The summed E-state index contributed by atoms with van der Waals surface area (Å²) in [6.07, 6.45) is 1.60. The van der Waals surface area contributed by atoms with Crippen molar-refractivity contribution in [2.75, 3.05) is 34.2 Å². The van der Waals surface area contributed by atoms with Crippen molar-refractivity contribution in [3.8, 4) is 0 Å². The molecule has 0 N–H and O–H groups in total. The SMILES string of the molecule is CC(=O)N1C[C@H](C(=O)N(C)C)[C@@H](c2ccc(CN(C)C(=O)c3ccccn3)cc2)C1. The Morgan fingerprint density at radius 1 is 1.03 bits per heavy atom. The van der Waals surface area contributed by atoms with Crippen molar-refractivity contribution < 1.29 is 14.4 Å². The predicted octanol–water partition coefficient (Wildman–Crippen LogP) is 2.00. The van der Waals surface area contributed by atoms with Gasteiger partial charge in [-0.3, -0.25) is 19.4 Å². The number of rotatable bonds is 5. The summed E-state index contributed by atoms with van der Waals surface area (Å²) in [5.74, 6) is -0.396. The van der Waals surface area contributed by atoms with Crippen LogP contribution in [-0.2, 0) is 16.1 Å². The average molecular weight is 409 g/mol. The lowest BCUT2D eigenvalue weighted by molar-refractivity contribution is -0.133. The molecule has 2 aromatic rings. The summed E-state index contributed by atoms with van der Waals surface area (Å²) in [6.45, 7) is 2.98. The minimum Gasteiger partial charge on any atom is -0.349 e. The van der Waals surface area contributed by atoms with Crippen molar-refractivity contribution in [1.29, 1.82) is 0 Å². The molecule has 0 unspecified atom stereocenters. The number of pyridine rings is 1. The number of amides is 3. The molecule has 0 radical (unpaired) electrons. The standard InChI is InChI=1S/C23H28N4O3/c1-16(28)27-14-19(20(15-27)22(29)25(2)3)18-10-8-17(9-11-18)13-26(4)23(30)21-7-5-6-12-24-21/h5-12,19-20H,13-15H2,1-4H3/t19-,20+/m1/s1. The summed E-state index contributed by atoms with van der Waals surface area (Å²) < 4.78 is 0. The highest BCUT2D eigenvalue weighted by molar-refractivity contribution is 5.92. The number of carbonyl (C=O) groups is 3. The third kappa shape index (κ3) is 4.67. The van der Waals surface area contributed by atoms with E-state index in [0.717, 1.165) is 11.1 Å². The first-order chi connectivity index (χ1) is 14.3. The number of benzene rings is 1. The van der Waals surface area contributed by atoms with Gasteiger partial charge >= 0.3 is 0 Å². The molecule has 0 bridgehead atoms. The Kier molecular flexibility index (Phi) is 6.50. The second-order valence-electron chi connectivity index (χ2n) is 7.99. The van der Waals surface area contributed by atoms with Crippen molar-refractivity contribution in [1.82, 2.24) is 19.7 Å². The van der Waals surface area contributed by atoms with E-state index in [2.05, 4.69) is 4.98 Å². The molecule has 2 heterocycles. The van der Waals surface area contributed by atoms with Gasteiger partial charge in [0.05, 0.1) is 5.92 Å². The number of nitrogens with zero attached hydrogens (tertiary/aromatic N) is 4. The number of hydrogen-bond acceptors (Lipinski definition) is 4. The highest BCUT2D eigenvalue weighted by atomic mass is 16.2. The van der Waals surface area contributed by atoms with Crippen LogP contribution in [0.5, 0.6) is 0 Å². The first-order valence-corrected chi connectivity index (χ1v) is 10.00. The Balaban J connectivity index is 1.73. The fourth-order valence-electron chi connectivity index (χ4n) is 3.88. The third-order valence-electron chi connectivity index (χ3n) is 5.58. The first kappa shape index (κ1) is 21.5. The summed E-state index contributed by atoms with van der Waals surface area (Å²) in [6, 6.07) is 13.2. The van der Waals surface area contributed by atoms with Crippen LogP contribution in [-0.4, -0.2) is 71.6 Å². The van der Waals surface area contributed by atoms with E-state index in [1.807, 2.05) is 24.3 Å². The van der Waals surface area contributed by atoms with E-state index in [4.69, 9.17) is 0 Å². The molecule has 1 aromatic heterocycles. The van der Waals surface area contributed by atoms with Gasteiger partial charge in [0.1, 0.15) is 5.69 Å². The fraction of sp³-hybridized carbons (Fsp3) is 0.391. The lowest BCUT2D eigenvalue weighted by atomic mass is 9.87. The fourth-order valence-corrected chi connectivity index (χ4v) is 3.88.